The van der Waals surface area contributed by atoms with Gasteiger partial charge >= 0.3 is 0 Å². The van der Waals surface area contributed by atoms with Gasteiger partial charge in [-0.3, -0.25) is 0 Å². The van der Waals surface area contributed by atoms with Crippen LogP contribution in [0.25, 0.3) is 43.8 Å². The van der Waals surface area contributed by atoms with Gasteiger partial charge in [0.2, 0.25) is 5.82 Å². The summed E-state index contributed by atoms with van der Waals surface area (Å²) >= 11 is 0. The molecule has 5 aromatic rings. The molecule has 0 nitrogen and oxygen atoms in total. The van der Waals surface area contributed by atoms with Crippen LogP contribution in [0, 0.1) is 34.9 Å². The summed E-state index contributed by atoms with van der Waals surface area (Å²) in [6, 6.07) is 19.1. The molecule has 0 saturated heterocycles. The fourth-order valence-corrected chi connectivity index (χ4v) is 4.18. The minimum Gasteiger partial charge on any atom is -0.206 e. The van der Waals surface area contributed by atoms with E-state index >= 15 is 4.39 Å². The van der Waals surface area contributed by atoms with E-state index in [9.17, 15) is 22.0 Å². The third-order valence-corrected chi connectivity index (χ3v) is 5.52. The summed E-state index contributed by atoms with van der Waals surface area (Å²) < 4.78 is 86.7. The van der Waals surface area contributed by atoms with Gasteiger partial charge in [0.1, 0.15) is 5.82 Å². The lowest BCUT2D eigenvalue weighted by Crippen LogP contribution is -2.05. The van der Waals surface area contributed by atoms with Gasteiger partial charge < -0.3 is 0 Å². The largest absolute Gasteiger partial charge is 0.206 e. The van der Waals surface area contributed by atoms with E-state index in [0.29, 0.717) is 16.5 Å². The Morgan fingerprint density at radius 1 is 0.375 bits per heavy atom. The van der Waals surface area contributed by atoms with Crippen LogP contribution in [-0.4, -0.2) is 0 Å². The molecule has 0 amide bonds. The van der Waals surface area contributed by atoms with Crippen LogP contribution in [0.1, 0.15) is 0 Å². The third kappa shape index (κ3) is 2.79. The van der Waals surface area contributed by atoms with Gasteiger partial charge in [-0.1, -0.05) is 66.7 Å². The van der Waals surface area contributed by atoms with E-state index in [2.05, 4.69) is 0 Å². The van der Waals surface area contributed by atoms with Gasteiger partial charge in [-0.25, -0.2) is 26.3 Å². The molecule has 32 heavy (non-hydrogen) atoms. The molecule has 0 atom stereocenters. The highest BCUT2D eigenvalue weighted by Gasteiger charge is 2.30. The highest BCUT2D eigenvalue weighted by atomic mass is 19.2. The molecule has 0 saturated carbocycles. The van der Waals surface area contributed by atoms with Crippen LogP contribution in [0.4, 0.5) is 26.3 Å². The van der Waals surface area contributed by atoms with Crippen LogP contribution in [-0.2, 0) is 0 Å². The first-order chi connectivity index (χ1) is 15.4. The van der Waals surface area contributed by atoms with Crippen LogP contribution in [0.3, 0.4) is 0 Å². The molecular weight excluding hydrogens is 426 g/mol. The average Bonchev–Trinajstić information content (AvgIpc) is 2.82. The Labute approximate surface area is 178 Å². The summed E-state index contributed by atoms with van der Waals surface area (Å²) in [5.74, 6) is -11.0. The number of hydrogen-bond acceptors (Lipinski definition) is 0. The number of fused-ring (bicyclic) bond motifs is 2. The lowest BCUT2D eigenvalue weighted by atomic mass is 9.85. The van der Waals surface area contributed by atoms with Gasteiger partial charge in [0.05, 0.1) is 5.56 Å². The zero-order valence-electron chi connectivity index (χ0n) is 16.2. The quantitative estimate of drug-likeness (QED) is 0.113. The summed E-state index contributed by atoms with van der Waals surface area (Å²) in [6.07, 6.45) is 0. The Hall–Kier alpha value is -3.80. The number of hydrogen-bond donors (Lipinski definition) is 0. The molecular formula is C26H12F6. The SMILES string of the molecule is Fc1c(F)c(F)c(-c2c3ccccc3c(-c3ccccc3)c3c(F)cccc23)c(F)c1F. The van der Waals surface area contributed by atoms with Crippen molar-refractivity contribution >= 4 is 21.5 Å². The highest BCUT2D eigenvalue weighted by Crippen LogP contribution is 2.46. The second kappa shape index (κ2) is 7.41. The Balaban J connectivity index is 2.08. The zero-order valence-corrected chi connectivity index (χ0v) is 16.2. The first-order valence-electron chi connectivity index (χ1n) is 9.62. The molecule has 0 aromatic heterocycles. The lowest BCUT2D eigenvalue weighted by Gasteiger charge is -2.19. The zero-order chi connectivity index (χ0) is 22.6. The monoisotopic (exact) mass is 438 g/mol. The number of rotatable bonds is 2. The fourth-order valence-electron chi connectivity index (χ4n) is 4.18. The Kier molecular flexibility index (Phi) is 4.66. The maximum absolute atomic E-state index is 15.2. The van der Waals surface area contributed by atoms with Crippen LogP contribution in [0.2, 0.25) is 0 Å². The van der Waals surface area contributed by atoms with E-state index in [4.69, 9.17) is 0 Å². The smallest absolute Gasteiger partial charge is 0.200 e. The molecule has 0 spiro atoms. The van der Waals surface area contributed by atoms with Gasteiger partial charge in [-0.2, -0.15) is 0 Å². The Bertz CT molecular complexity index is 1490. The van der Waals surface area contributed by atoms with Gasteiger partial charge in [0, 0.05) is 16.5 Å². The van der Waals surface area contributed by atoms with Crippen LogP contribution >= 0.6 is 0 Å². The second-order valence-corrected chi connectivity index (χ2v) is 7.27. The van der Waals surface area contributed by atoms with Crippen LogP contribution in [0.5, 0.6) is 0 Å². The molecule has 158 valence electrons. The summed E-state index contributed by atoms with van der Waals surface area (Å²) in [7, 11) is 0. The van der Waals surface area contributed by atoms with E-state index in [1.165, 1.54) is 24.3 Å². The molecule has 0 aliphatic rings. The molecule has 0 aliphatic heterocycles. The van der Waals surface area contributed by atoms with Crippen molar-refractivity contribution in [3.63, 3.8) is 0 Å². The topological polar surface area (TPSA) is 0 Å². The van der Waals surface area contributed by atoms with Crippen molar-refractivity contribution in [3.05, 3.63) is 108 Å². The normalized spacial score (nSPS) is 11.4. The summed E-state index contributed by atoms with van der Waals surface area (Å²) in [6.45, 7) is 0. The predicted molar refractivity (Wildman–Crippen MR) is 112 cm³/mol. The minimum absolute atomic E-state index is 0.0244. The van der Waals surface area contributed by atoms with Crippen molar-refractivity contribution in [2.24, 2.45) is 0 Å². The van der Waals surface area contributed by atoms with Crippen molar-refractivity contribution in [1.82, 2.24) is 0 Å². The van der Waals surface area contributed by atoms with Crippen LogP contribution in [0.15, 0.2) is 72.8 Å². The molecule has 5 aromatic carbocycles. The van der Waals surface area contributed by atoms with Gasteiger partial charge in [-0.15, -0.1) is 0 Å². The van der Waals surface area contributed by atoms with E-state index < -0.39 is 40.5 Å². The Morgan fingerprint density at radius 3 is 1.50 bits per heavy atom. The van der Waals surface area contributed by atoms with E-state index in [-0.39, 0.29) is 21.7 Å². The van der Waals surface area contributed by atoms with Crippen molar-refractivity contribution < 1.29 is 26.3 Å². The van der Waals surface area contributed by atoms with E-state index in [1.807, 2.05) is 0 Å². The summed E-state index contributed by atoms with van der Waals surface area (Å²) in [5, 5.41) is 0.699. The predicted octanol–water partition coefficient (Wildman–Crippen LogP) is 8.16. The first kappa shape index (κ1) is 20.1. The molecule has 0 bridgehead atoms. The average molecular weight is 438 g/mol. The minimum atomic E-state index is -2.25. The molecule has 0 unspecified atom stereocenters. The van der Waals surface area contributed by atoms with Crippen molar-refractivity contribution in [2.45, 2.75) is 0 Å². The third-order valence-electron chi connectivity index (χ3n) is 5.52. The van der Waals surface area contributed by atoms with E-state index in [0.717, 1.165) is 0 Å². The highest BCUT2D eigenvalue weighted by molar-refractivity contribution is 6.21. The number of halogens is 6. The summed E-state index contributed by atoms with van der Waals surface area (Å²) in [4.78, 5) is 0. The van der Waals surface area contributed by atoms with Gasteiger partial charge in [-0.05, 0) is 27.8 Å². The van der Waals surface area contributed by atoms with E-state index in [1.54, 1.807) is 48.5 Å². The molecule has 5 rings (SSSR count). The standard InChI is InChI=1S/C26H12F6/c27-17-12-6-11-16-19(21-22(28)24(30)26(32)25(31)23(21)29)15-10-5-4-9-14(15)18(20(16)17)13-7-2-1-3-8-13/h1-12H. The second-order valence-electron chi connectivity index (χ2n) is 7.27. The van der Waals surface area contributed by atoms with Crippen LogP contribution < -0.4 is 0 Å². The maximum atomic E-state index is 15.2. The molecule has 0 N–H and O–H groups in total. The van der Waals surface area contributed by atoms with Gasteiger partial charge in [0.25, 0.3) is 0 Å². The van der Waals surface area contributed by atoms with Crippen molar-refractivity contribution in [3.8, 4) is 22.3 Å². The maximum Gasteiger partial charge on any atom is 0.200 e. The molecule has 0 heterocycles. The molecule has 0 fully saturated rings. The Morgan fingerprint density at radius 2 is 0.875 bits per heavy atom. The van der Waals surface area contributed by atoms with Crippen molar-refractivity contribution in [1.29, 1.82) is 0 Å². The first-order valence-corrected chi connectivity index (χ1v) is 9.62. The number of benzene rings is 5. The lowest BCUT2D eigenvalue weighted by molar-refractivity contribution is 0.381. The van der Waals surface area contributed by atoms with Gasteiger partial charge in [0.15, 0.2) is 23.3 Å². The molecule has 6 heteroatoms. The fraction of sp³-hybridized carbons (Fsp3) is 0. The van der Waals surface area contributed by atoms with Crippen molar-refractivity contribution in [2.75, 3.05) is 0 Å². The summed E-state index contributed by atoms with van der Waals surface area (Å²) in [5.41, 5.74) is -0.250. The molecule has 0 aliphatic carbocycles. The molecule has 0 radical (unpaired) electrons.